The summed E-state index contributed by atoms with van der Waals surface area (Å²) in [5.74, 6) is 0. The van der Waals surface area contributed by atoms with E-state index in [4.69, 9.17) is 0 Å². The molecule has 1 rings (SSSR count). The van der Waals surface area contributed by atoms with Crippen LogP contribution in [0.3, 0.4) is 0 Å². The molecular weight excluding hydrogens is 215 g/mol. The number of hydrogen-bond donors (Lipinski definition) is 0. The fourth-order valence-electron chi connectivity index (χ4n) is 0.920. The molecule has 1 aliphatic rings. The van der Waals surface area contributed by atoms with Crippen LogP contribution in [-0.2, 0) is 0 Å². The molecule has 0 atom stereocenters. The van der Waals surface area contributed by atoms with E-state index in [0.717, 1.165) is 6.42 Å². The molecule has 1 heteroatoms. The van der Waals surface area contributed by atoms with E-state index in [1.807, 2.05) is 0 Å². The topological polar surface area (TPSA) is 0 Å². The molecule has 0 bridgehead atoms. The van der Waals surface area contributed by atoms with Crippen molar-refractivity contribution in [3.05, 3.63) is 21.8 Å². The van der Waals surface area contributed by atoms with Gasteiger partial charge in [-0.15, -0.1) is 0 Å². The zero-order chi connectivity index (χ0) is 6.91. The van der Waals surface area contributed by atoms with Gasteiger partial charge in [0.1, 0.15) is 0 Å². The molecule has 0 amide bonds. The second-order valence-electron chi connectivity index (χ2n) is 3.45. The van der Waals surface area contributed by atoms with Crippen LogP contribution in [0.25, 0.3) is 0 Å². The second-order valence-corrected chi connectivity index (χ2v) is 17.8. The molecule has 0 unspecified atom stereocenters. The summed E-state index contributed by atoms with van der Waals surface area (Å²) in [6.45, 7) is 0. The Kier molecular flexibility index (Phi) is 2.04. The Morgan fingerprint density at radius 2 is 2.11 bits per heavy atom. The fourth-order valence-corrected chi connectivity index (χ4v) is 4.49. The molecule has 0 aliphatic heterocycles. The Balaban J connectivity index is 2.73. The summed E-state index contributed by atoms with van der Waals surface area (Å²) in [6.07, 6.45) is 8.92. The second kappa shape index (κ2) is 2.49. The summed E-state index contributed by atoms with van der Waals surface area (Å²) < 4.78 is 1.56. The van der Waals surface area contributed by atoms with Gasteiger partial charge in [0.15, 0.2) is 0 Å². The summed E-state index contributed by atoms with van der Waals surface area (Å²) >= 11 is -1.67. The van der Waals surface area contributed by atoms with Crippen LogP contribution in [0.4, 0.5) is 0 Å². The Hall–Kier alpha value is 0.279. The first-order chi connectivity index (χ1) is 4.11. The van der Waals surface area contributed by atoms with Crippen molar-refractivity contribution in [1.82, 2.24) is 0 Å². The van der Waals surface area contributed by atoms with Crippen molar-refractivity contribution in [2.45, 2.75) is 21.2 Å². The molecule has 0 aromatic carbocycles. The van der Waals surface area contributed by atoms with Gasteiger partial charge in [0.05, 0.1) is 0 Å². The minimum atomic E-state index is -1.67. The van der Waals surface area contributed by atoms with Crippen LogP contribution >= 0.6 is 0 Å². The van der Waals surface area contributed by atoms with Crippen LogP contribution < -0.4 is 0 Å². The van der Waals surface area contributed by atoms with Gasteiger partial charge in [0.25, 0.3) is 0 Å². The van der Waals surface area contributed by atoms with E-state index >= 15 is 0 Å². The third-order valence-electron chi connectivity index (χ3n) is 1.50. The quantitative estimate of drug-likeness (QED) is 0.605. The first kappa shape index (κ1) is 7.39. The molecule has 1 radical (unpaired) electrons. The Morgan fingerprint density at radius 3 is 2.33 bits per heavy atom. The van der Waals surface area contributed by atoms with E-state index in [-0.39, 0.29) is 0 Å². The molecule has 0 saturated carbocycles. The molecule has 0 fully saturated rings. The van der Waals surface area contributed by atoms with Gasteiger partial charge in [0, 0.05) is 0 Å². The third-order valence-corrected chi connectivity index (χ3v) is 7.10. The van der Waals surface area contributed by atoms with Gasteiger partial charge < -0.3 is 0 Å². The summed E-state index contributed by atoms with van der Waals surface area (Å²) in [6, 6.07) is 0. The molecule has 0 nitrogen and oxygen atoms in total. The Bertz CT molecular complexity index is 158. The molecule has 0 aromatic heterocycles. The van der Waals surface area contributed by atoms with Crippen molar-refractivity contribution in [3.8, 4) is 0 Å². The molecule has 0 saturated heterocycles. The van der Waals surface area contributed by atoms with Crippen molar-refractivity contribution >= 4 is 18.4 Å². The molecule has 9 heavy (non-hydrogen) atoms. The van der Waals surface area contributed by atoms with Gasteiger partial charge in [-0.05, 0) is 0 Å². The number of rotatable bonds is 1. The summed E-state index contributed by atoms with van der Waals surface area (Å²) in [4.78, 5) is 7.27. The molecule has 49 valence electrons. The normalized spacial score (nSPS) is 18.3. The fraction of sp³-hybridized carbons (Fsp3) is 0.500. The third kappa shape index (κ3) is 1.85. The van der Waals surface area contributed by atoms with E-state index in [9.17, 15) is 0 Å². The van der Waals surface area contributed by atoms with Crippen LogP contribution in [0.2, 0.25) is 14.8 Å². The van der Waals surface area contributed by atoms with Crippen molar-refractivity contribution in [1.29, 1.82) is 0 Å². The van der Waals surface area contributed by atoms with Crippen LogP contribution in [0.5, 0.6) is 0 Å². The average molecular weight is 228 g/mol. The summed E-state index contributed by atoms with van der Waals surface area (Å²) in [5, 5.41) is 0. The van der Waals surface area contributed by atoms with Gasteiger partial charge in [-0.1, -0.05) is 0 Å². The zero-order valence-corrected chi connectivity index (χ0v) is 9.22. The predicted octanol–water partition coefficient (Wildman–Crippen LogP) is 2.55. The van der Waals surface area contributed by atoms with Crippen molar-refractivity contribution in [3.63, 3.8) is 0 Å². The van der Waals surface area contributed by atoms with Crippen LogP contribution in [-0.4, -0.2) is 18.4 Å². The average Bonchev–Trinajstić information content (AvgIpc) is 2.08. The van der Waals surface area contributed by atoms with Crippen LogP contribution in [0.1, 0.15) is 6.42 Å². The maximum absolute atomic E-state index is 3.40. The van der Waals surface area contributed by atoms with Gasteiger partial charge in [-0.3, -0.25) is 0 Å². The van der Waals surface area contributed by atoms with E-state index in [1.165, 1.54) is 0 Å². The molecule has 1 aliphatic carbocycles. The zero-order valence-electron chi connectivity index (χ0n) is 6.36. The molecule has 0 spiro atoms. The van der Waals surface area contributed by atoms with Gasteiger partial charge in [0.2, 0.25) is 0 Å². The molecular formula is C8H13Sn. The standard InChI is InChI=1S/C5H4.3CH3.Sn/c1-2-4-5-3-1;;;;/h1-2H,3H2;3*1H3;. The van der Waals surface area contributed by atoms with Crippen molar-refractivity contribution < 1.29 is 0 Å². The number of hydrogen-bond acceptors (Lipinski definition) is 0. The molecule has 0 heterocycles. The Labute approximate surface area is 61.5 Å². The van der Waals surface area contributed by atoms with Crippen molar-refractivity contribution in [2.24, 2.45) is 0 Å². The molecule has 0 N–H and O–H groups in total. The van der Waals surface area contributed by atoms with Gasteiger partial charge in [-0.25, -0.2) is 0 Å². The maximum atomic E-state index is 3.40. The van der Waals surface area contributed by atoms with E-state index in [0.29, 0.717) is 0 Å². The van der Waals surface area contributed by atoms with E-state index < -0.39 is 18.4 Å². The summed E-state index contributed by atoms with van der Waals surface area (Å²) in [7, 11) is 0. The van der Waals surface area contributed by atoms with Crippen LogP contribution in [0, 0.1) is 6.08 Å². The predicted molar refractivity (Wildman–Crippen MR) is 43.9 cm³/mol. The van der Waals surface area contributed by atoms with Gasteiger partial charge in [-0.2, -0.15) is 0 Å². The van der Waals surface area contributed by atoms with Crippen LogP contribution in [0.15, 0.2) is 15.7 Å². The number of allylic oxidation sites excluding steroid dienone is 4. The molecule has 0 aromatic rings. The van der Waals surface area contributed by atoms with Crippen molar-refractivity contribution in [2.75, 3.05) is 0 Å². The monoisotopic (exact) mass is 229 g/mol. The van der Waals surface area contributed by atoms with E-state index in [1.54, 1.807) is 3.59 Å². The Morgan fingerprint density at radius 1 is 1.44 bits per heavy atom. The minimum absolute atomic E-state index is 1.06. The summed E-state index contributed by atoms with van der Waals surface area (Å²) in [5.41, 5.74) is 0. The van der Waals surface area contributed by atoms with Gasteiger partial charge >= 0.3 is 61.4 Å². The first-order valence-electron chi connectivity index (χ1n) is 3.38. The SMILES string of the molecule is [CH3][Sn]([CH3])([CH3])[C]1=[C]CC=C1. The first-order valence-corrected chi connectivity index (χ1v) is 13.4. The van der Waals surface area contributed by atoms with E-state index in [2.05, 4.69) is 33.0 Å².